The number of benzene rings is 1. The lowest BCUT2D eigenvalue weighted by Crippen LogP contribution is -2.53. The van der Waals surface area contributed by atoms with E-state index in [-0.39, 0.29) is 0 Å². The largest absolute Gasteiger partial charge is 0.339 e. The zero-order valence-corrected chi connectivity index (χ0v) is 15.3. The summed E-state index contributed by atoms with van der Waals surface area (Å²) in [4.78, 5) is 21.5. The van der Waals surface area contributed by atoms with Crippen LogP contribution < -0.4 is 0 Å². The van der Waals surface area contributed by atoms with Crippen molar-refractivity contribution in [3.8, 4) is 0 Å². The Balaban J connectivity index is 1.35. The minimum atomic E-state index is 0.297. The Morgan fingerprint density at radius 2 is 1.56 bits per heavy atom. The van der Waals surface area contributed by atoms with E-state index in [4.69, 9.17) is 0 Å². The Morgan fingerprint density at radius 3 is 2.24 bits per heavy atom. The first kappa shape index (κ1) is 18.1. The second kappa shape index (κ2) is 9.13. The molecule has 2 saturated heterocycles. The van der Waals surface area contributed by atoms with Crippen molar-refractivity contribution >= 4 is 12.0 Å². The number of nitrogens with zero attached hydrogens (tertiary/aromatic N) is 4. The third-order valence-electron chi connectivity index (χ3n) is 5.15. The van der Waals surface area contributed by atoms with Gasteiger partial charge in [-0.2, -0.15) is 0 Å². The molecule has 2 aliphatic heterocycles. The van der Waals surface area contributed by atoms with E-state index in [1.807, 2.05) is 11.0 Å². The van der Waals surface area contributed by atoms with Gasteiger partial charge >= 0.3 is 0 Å². The molecule has 0 spiro atoms. The summed E-state index contributed by atoms with van der Waals surface area (Å²) in [7, 11) is 2.12. The molecule has 136 valence electrons. The third-order valence-corrected chi connectivity index (χ3v) is 5.15. The van der Waals surface area contributed by atoms with E-state index in [2.05, 4.69) is 58.2 Å². The lowest BCUT2D eigenvalue weighted by molar-refractivity contribution is -0.134. The summed E-state index contributed by atoms with van der Waals surface area (Å²) >= 11 is 0. The number of carbonyl (C=O) groups excluding carboxylic acids is 1. The molecule has 1 aromatic carbocycles. The van der Waals surface area contributed by atoms with Gasteiger partial charge in [-0.25, -0.2) is 0 Å². The third kappa shape index (κ3) is 5.66. The van der Waals surface area contributed by atoms with Crippen LogP contribution in [0.15, 0.2) is 36.4 Å². The van der Waals surface area contributed by atoms with Gasteiger partial charge < -0.3 is 9.80 Å². The van der Waals surface area contributed by atoms with Gasteiger partial charge in [0.2, 0.25) is 5.91 Å². The maximum Gasteiger partial charge on any atom is 0.236 e. The van der Waals surface area contributed by atoms with Crippen molar-refractivity contribution < 1.29 is 4.79 Å². The Bertz CT molecular complexity index is 558. The van der Waals surface area contributed by atoms with Crippen molar-refractivity contribution in [3.05, 3.63) is 42.0 Å². The Kier molecular flexibility index (Phi) is 6.62. The van der Waals surface area contributed by atoms with Crippen LogP contribution in [-0.2, 0) is 4.79 Å². The van der Waals surface area contributed by atoms with E-state index in [0.717, 1.165) is 58.9 Å². The lowest BCUT2D eigenvalue weighted by Gasteiger charge is -2.37. The minimum absolute atomic E-state index is 0.297. The van der Waals surface area contributed by atoms with E-state index >= 15 is 0 Å². The highest BCUT2D eigenvalue weighted by molar-refractivity contribution is 5.78. The van der Waals surface area contributed by atoms with E-state index in [9.17, 15) is 4.79 Å². The van der Waals surface area contributed by atoms with Crippen molar-refractivity contribution in [2.45, 2.75) is 0 Å². The predicted molar refractivity (Wildman–Crippen MR) is 102 cm³/mol. The molecular formula is C20H30N4O. The van der Waals surface area contributed by atoms with E-state index in [1.54, 1.807) is 0 Å². The van der Waals surface area contributed by atoms with Crippen LogP contribution in [0.3, 0.4) is 0 Å². The van der Waals surface area contributed by atoms with Crippen LogP contribution in [0, 0.1) is 0 Å². The minimum Gasteiger partial charge on any atom is -0.339 e. The maximum atomic E-state index is 12.4. The maximum absolute atomic E-state index is 12.4. The van der Waals surface area contributed by atoms with Crippen molar-refractivity contribution in [3.63, 3.8) is 0 Å². The van der Waals surface area contributed by atoms with Crippen LogP contribution in [0.1, 0.15) is 5.56 Å². The number of hydrogen-bond donors (Lipinski definition) is 0. The first-order valence-electron chi connectivity index (χ1n) is 9.33. The van der Waals surface area contributed by atoms with Crippen LogP contribution in [0.2, 0.25) is 0 Å². The van der Waals surface area contributed by atoms with Gasteiger partial charge in [-0.05, 0) is 12.6 Å². The van der Waals surface area contributed by atoms with Crippen LogP contribution in [0.4, 0.5) is 0 Å². The predicted octanol–water partition coefficient (Wildman–Crippen LogP) is 1.09. The molecule has 0 aliphatic carbocycles. The fourth-order valence-electron chi connectivity index (χ4n) is 3.38. The summed E-state index contributed by atoms with van der Waals surface area (Å²) in [5, 5.41) is 0. The highest BCUT2D eigenvalue weighted by atomic mass is 16.2. The van der Waals surface area contributed by atoms with Crippen molar-refractivity contribution in [1.29, 1.82) is 0 Å². The molecule has 0 bridgehead atoms. The summed E-state index contributed by atoms with van der Waals surface area (Å²) in [5.41, 5.74) is 1.25. The molecule has 25 heavy (non-hydrogen) atoms. The fraction of sp³-hybridized carbons (Fsp3) is 0.550. The molecule has 1 amide bonds. The van der Waals surface area contributed by atoms with E-state index < -0.39 is 0 Å². The molecule has 0 atom stereocenters. The number of amides is 1. The zero-order valence-electron chi connectivity index (χ0n) is 15.3. The molecule has 3 rings (SSSR count). The molecule has 5 nitrogen and oxygen atoms in total. The molecule has 2 fully saturated rings. The molecule has 5 heteroatoms. The van der Waals surface area contributed by atoms with Crippen LogP contribution in [0.5, 0.6) is 0 Å². The SMILES string of the molecule is CN1CCN(C(=O)CN2CCN(C/C=C/c3ccccc3)CC2)CC1. The van der Waals surface area contributed by atoms with Crippen molar-refractivity contribution in [2.75, 3.05) is 72.5 Å². The van der Waals surface area contributed by atoms with Gasteiger partial charge in [0.25, 0.3) is 0 Å². The fourth-order valence-corrected chi connectivity index (χ4v) is 3.38. The second-order valence-corrected chi connectivity index (χ2v) is 7.07. The standard InChI is InChI=1S/C20H30N4O/c1-21-10-16-24(17-11-21)20(25)18-23-14-12-22(13-15-23)9-5-8-19-6-3-2-4-7-19/h2-8H,9-18H2,1H3/b8-5+. The number of piperazine rings is 2. The topological polar surface area (TPSA) is 30.0 Å². The summed E-state index contributed by atoms with van der Waals surface area (Å²) < 4.78 is 0. The Labute approximate surface area is 151 Å². The summed E-state index contributed by atoms with van der Waals surface area (Å²) in [6.45, 7) is 9.34. The normalized spacial score (nSPS) is 21.1. The molecule has 0 N–H and O–H groups in total. The molecule has 2 heterocycles. The summed E-state index contributed by atoms with van der Waals surface area (Å²) in [5.74, 6) is 0.297. The van der Waals surface area contributed by atoms with Gasteiger partial charge in [-0.1, -0.05) is 42.5 Å². The number of likely N-dealkylation sites (N-methyl/N-ethyl adjacent to an activating group) is 1. The molecule has 1 aromatic rings. The zero-order chi connectivity index (χ0) is 17.5. The monoisotopic (exact) mass is 342 g/mol. The second-order valence-electron chi connectivity index (χ2n) is 7.07. The van der Waals surface area contributed by atoms with Gasteiger partial charge in [-0.3, -0.25) is 14.6 Å². The van der Waals surface area contributed by atoms with Gasteiger partial charge in [0.1, 0.15) is 0 Å². The average molecular weight is 342 g/mol. The smallest absolute Gasteiger partial charge is 0.236 e. The quantitative estimate of drug-likeness (QED) is 0.801. The van der Waals surface area contributed by atoms with E-state index in [0.29, 0.717) is 12.5 Å². The van der Waals surface area contributed by atoms with Gasteiger partial charge in [0.15, 0.2) is 0 Å². The van der Waals surface area contributed by atoms with Crippen LogP contribution in [0.25, 0.3) is 6.08 Å². The summed E-state index contributed by atoms with van der Waals surface area (Å²) in [6.07, 6.45) is 4.42. The highest BCUT2D eigenvalue weighted by Gasteiger charge is 2.23. The van der Waals surface area contributed by atoms with Crippen LogP contribution >= 0.6 is 0 Å². The van der Waals surface area contributed by atoms with Crippen molar-refractivity contribution in [2.24, 2.45) is 0 Å². The molecule has 0 unspecified atom stereocenters. The average Bonchev–Trinajstić information content (AvgIpc) is 2.64. The van der Waals surface area contributed by atoms with Gasteiger partial charge in [0, 0.05) is 58.9 Å². The van der Waals surface area contributed by atoms with Crippen molar-refractivity contribution in [1.82, 2.24) is 19.6 Å². The Morgan fingerprint density at radius 1 is 0.920 bits per heavy atom. The molecule has 2 aliphatic rings. The number of rotatable bonds is 5. The van der Waals surface area contributed by atoms with Gasteiger partial charge in [0.05, 0.1) is 6.54 Å². The van der Waals surface area contributed by atoms with Gasteiger partial charge in [-0.15, -0.1) is 0 Å². The number of carbonyl (C=O) groups is 1. The molecular weight excluding hydrogens is 312 g/mol. The van der Waals surface area contributed by atoms with Crippen LogP contribution in [-0.4, -0.2) is 98.0 Å². The van der Waals surface area contributed by atoms with E-state index in [1.165, 1.54) is 5.56 Å². The first-order valence-corrected chi connectivity index (χ1v) is 9.33. The Hall–Kier alpha value is -1.69. The summed E-state index contributed by atoms with van der Waals surface area (Å²) in [6, 6.07) is 10.4. The highest BCUT2D eigenvalue weighted by Crippen LogP contribution is 2.06. The molecule has 0 saturated carbocycles. The first-order chi connectivity index (χ1) is 12.2. The number of hydrogen-bond acceptors (Lipinski definition) is 4. The molecule has 0 radical (unpaired) electrons. The lowest BCUT2D eigenvalue weighted by atomic mass is 10.2. The molecule has 0 aromatic heterocycles.